The van der Waals surface area contributed by atoms with Gasteiger partial charge >= 0.3 is 0 Å². The molecule has 1 aromatic rings. The van der Waals surface area contributed by atoms with Gasteiger partial charge in [-0.3, -0.25) is 9.59 Å². The number of primary amides is 1. The maximum absolute atomic E-state index is 11.5. The van der Waals surface area contributed by atoms with E-state index in [4.69, 9.17) is 34.7 Å². The molecule has 0 aliphatic rings. The first-order valence-electron chi connectivity index (χ1n) is 4.23. The summed E-state index contributed by atoms with van der Waals surface area (Å²) in [6.07, 6.45) is 0. The molecule has 2 amide bonds. The third-order valence-electron chi connectivity index (χ3n) is 1.74. The molecule has 86 valence electrons. The Morgan fingerprint density at radius 1 is 1.31 bits per heavy atom. The first kappa shape index (κ1) is 12.6. The van der Waals surface area contributed by atoms with Crippen LogP contribution in [0.15, 0.2) is 12.1 Å². The van der Waals surface area contributed by atoms with Crippen LogP contribution in [0.3, 0.4) is 0 Å². The monoisotopic (exact) mass is 261 g/mol. The smallest absolute Gasteiger partial charge is 0.251 e. The standard InChI is InChI=1S/C9H9Cl2N3O2/c10-5-1-4(2-6(12)8(5)11)9(16)14-3-7(13)15/h1-2H,3,12H2,(H2,13,15)(H,14,16). The van der Waals surface area contributed by atoms with Gasteiger partial charge in [0, 0.05) is 5.56 Å². The summed E-state index contributed by atoms with van der Waals surface area (Å²) in [7, 11) is 0. The zero-order valence-electron chi connectivity index (χ0n) is 8.09. The van der Waals surface area contributed by atoms with Crippen molar-refractivity contribution in [3.63, 3.8) is 0 Å². The molecule has 5 N–H and O–H groups in total. The number of amides is 2. The van der Waals surface area contributed by atoms with E-state index in [0.29, 0.717) is 0 Å². The van der Waals surface area contributed by atoms with Gasteiger partial charge in [-0.1, -0.05) is 23.2 Å². The summed E-state index contributed by atoms with van der Waals surface area (Å²) in [5.41, 5.74) is 10.8. The van der Waals surface area contributed by atoms with Crippen LogP contribution in [0, 0.1) is 0 Å². The molecule has 0 aliphatic carbocycles. The highest BCUT2D eigenvalue weighted by Crippen LogP contribution is 2.29. The second kappa shape index (κ2) is 5.05. The minimum Gasteiger partial charge on any atom is -0.397 e. The van der Waals surface area contributed by atoms with E-state index in [2.05, 4.69) is 5.32 Å². The van der Waals surface area contributed by atoms with Gasteiger partial charge in [0.15, 0.2) is 0 Å². The highest BCUT2D eigenvalue weighted by atomic mass is 35.5. The van der Waals surface area contributed by atoms with Gasteiger partial charge < -0.3 is 16.8 Å². The van der Waals surface area contributed by atoms with Gasteiger partial charge in [0.1, 0.15) is 0 Å². The van der Waals surface area contributed by atoms with Gasteiger partial charge in [0.05, 0.1) is 22.3 Å². The van der Waals surface area contributed by atoms with Crippen LogP contribution in [-0.4, -0.2) is 18.4 Å². The summed E-state index contributed by atoms with van der Waals surface area (Å²) in [5.74, 6) is -1.13. The van der Waals surface area contributed by atoms with Crippen LogP contribution in [0.5, 0.6) is 0 Å². The van der Waals surface area contributed by atoms with Crippen LogP contribution in [-0.2, 0) is 4.79 Å². The molecule has 0 aromatic heterocycles. The molecule has 5 nitrogen and oxygen atoms in total. The van der Waals surface area contributed by atoms with Crippen LogP contribution in [0.1, 0.15) is 10.4 Å². The first-order chi connectivity index (χ1) is 7.41. The van der Waals surface area contributed by atoms with Gasteiger partial charge in [-0.25, -0.2) is 0 Å². The van der Waals surface area contributed by atoms with Crippen molar-refractivity contribution in [3.05, 3.63) is 27.7 Å². The summed E-state index contributed by atoms with van der Waals surface area (Å²) in [6.45, 7) is -0.251. The number of nitrogens with one attached hydrogen (secondary N) is 1. The molecule has 0 radical (unpaired) electrons. The maximum atomic E-state index is 11.5. The summed E-state index contributed by atoms with van der Waals surface area (Å²) in [4.78, 5) is 21.9. The average Bonchev–Trinajstić information content (AvgIpc) is 2.21. The number of halogens is 2. The van der Waals surface area contributed by atoms with E-state index in [1.807, 2.05) is 0 Å². The van der Waals surface area contributed by atoms with Crippen molar-refractivity contribution in [2.24, 2.45) is 5.73 Å². The van der Waals surface area contributed by atoms with E-state index < -0.39 is 11.8 Å². The van der Waals surface area contributed by atoms with E-state index in [0.717, 1.165) is 0 Å². The Morgan fingerprint density at radius 3 is 2.44 bits per heavy atom. The Bertz CT molecular complexity index is 425. The lowest BCUT2D eigenvalue weighted by Crippen LogP contribution is -2.33. The fraction of sp³-hybridized carbons (Fsp3) is 0.111. The van der Waals surface area contributed by atoms with Crippen molar-refractivity contribution in [1.82, 2.24) is 5.32 Å². The lowest BCUT2D eigenvalue weighted by Gasteiger charge is -2.06. The minimum atomic E-state index is -0.638. The van der Waals surface area contributed by atoms with Crippen molar-refractivity contribution in [2.45, 2.75) is 0 Å². The molecule has 0 aliphatic heterocycles. The van der Waals surface area contributed by atoms with Crippen LogP contribution < -0.4 is 16.8 Å². The Hall–Kier alpha value is -1.46. The molecule has 0 heterocycles. The van der Waals surface area contributed by atoms with Gasteiger partial charge in [0.25, 0.3) is 5.91 Å². The Balaban J connectivity index is 2.88. The number of anilines is 1. The summed E-state index contributed by atoms with van der Waals surface area (Å²) in [6, 6.07) is 2.72. The molecular weight excluding hydrogens is 253 g/mol. The number of benzene rings is 1. The maximum Gasteiger partial charge on any atom is 0.251 e. The van der Waals surface area contributed by atoms with Gasteiger partial charge in [-0.05, 0) is 12.1 Å². The predicted molar refractivity (Wildman–Crippen MR) is 62.4 cm³/mol. The predicted octanol–water partition coefficient (Wildman–Crippen LogP) is 0.791. The number of carbonyl (C=O) groups is 2. The molecule has 0 saturated heterocycles. The van der Waals surface area contributed by atoms with Crippen LogP contribution in [0.25, 0.3) is 0 Å². The van der Waals surface area contributed by atoms with Gasteiger partial charge in [0.2, 0.25) is 5.91 Å². The molecule has 0 spiro atoms. The molecule has 0 bridgehead atoms. The third kappa shape index (κ3) is 3.01. The number of hydrogen-bond acceptors (Lipinski definition) is 3. The van der Waals surface area contributed by atoms with E-state index in [1.54, 1.807) is 0 Å². The zero-order chi connectivity index (χ0) is 12.3. The van der Waals surface area contributed by atoms with Crippen molar-refractivity contribution in [1.29, 1.82) is 0 Å². The highest BCUT2D eigenvalue weighted by molar-refractivity contribution is 6.43. The summed E-state index contributed by atoms with van der Waals surface area (Å²) < 4.78 is 0. The molecule has 0 unspecified atom stereocenters. The second-order valence-electron chi connectivity index (χ2n) is 3.01. The number of carbonyl (C=O) groups excluding carboxylic acids is 2. The Kier molecular flexibility index (Phi) is 3.98. The van der Waals surface area contributed by atoms with Crippen LogP contribution >= 0.6 is 23.2 Å². The normalized spacial score (nSPS) is 9.88. The Morgan fingerprint density at radius 2 is 1.94 bits per heavy atom. The van der Waals surface area contributed by atoms with E-state index >= 15 is 0 Å². The number of nitrogen functional groups attached to an aromatic ring is 1. The number of hydrogen-bond donors (Lipinski definition) is 3. The fourth-order valence-electron chi connectivity index (χ4n) is 1.01. The topological polar surface area (TPSA) is 98.2 Å². The average molecular weight is 262 g/mol. The molecule has 0 fully saturated rings. The quantitative estimate of drug-likeness (QED) is 0.702. The van der Waals surface area contributed by atoms with E-state index in [-0.39, 0.29) is 27.8 Å². The lowest BCUT2D eigenvalue weighted by atomic mass is 10.2. The largest absolute Gasteiger partial charge is 0.397 e. The molecule has 1 aromatic carbocycles. The zero-order valence-corrected chi connectivity index (χ0v) is 9.60. The molecule has 1 rings (SSSR count). The third-order valence-corrected chi connectivity index (χ3v) is 2.56. The number of rotatable bonds is 3. The molecule has 7 heteroatoms. The number of nitrogens with two attached hydrogens (primary N) is 2. The van der Waals surface area contributed by atoms with Crippen molar-refractivity contribution in [3.8, 4) is 0 Å². The van der Waals surface area contributed by atoms with Gasteiger partial charge in [-0.2, -0.15) is 0 Å². The van der Waals surface area contributed by atoms with Crippen LogP contribution in [0.2, 0.25) is 10.0 Å². The van der Waals surface area contributed by atoms with Crippen molar-refractivity contribution in [2.75, 3.05) is 12.3 Å². The lowest BCUT2D eigenvalue weighted by molar-refractivity contribution is -0.117. The highest BCUT2D eigenvalue weighted by Gasteiger charge is 2.11. The summed E-state index contributed by atoms with van der Waals surface area (Å²) >= 11 is 11.5. The van der Waals surface area contributed by atoms with Crippen molar-refractivity contribution < 1.29 is 9.59 Å². The van der Waals surface area contributed by atoms with Crippen LogP contribution in [0.4, 0.5) is 5.69 Å². The SMILES string of the molecule is NC(=O)CNC(=O)c1cc(N)c(Cl)c(Cl)c1. The minimum absolute atomic E-state index is 0.172. The fourth-order valence-corrected chi connectivity index (χ4v) is 1.35. The van der Waals surface area contributed by atoms with Gasteiger partial charge in [-0.15, -0.1) is 0 Å². The molecule has 16 heavy (non-hydrogen) atoms. The first-order valence-corrected chi connectivity index (χ1v) is 4.98. The van der Waals surface area contributed by atoms with E-state index in [1.165, 1.54) is 12.1 Å². The summed E-state index contributed by atoms with van der Waals surface area (Å²) in [5, 5.41) is 2.66. The molecule has 0 saturated carbocycles. The molecule has 0 atom stereocenters. The molecular formula is C9H9Cl2N3O2. The Labute approximate surface area is 102 Å². The second-order valence-corrected chi connectivity index (χ2v) is 3.80. The van der Waals surface area contributed by atoms with E-state index in [9.17, 15) is 9.59 Å². The van der Waals surface area contributed by atoms with Crippen molar-refractivity contribution >= 4 is 40.7 Å².